The highest BCUT2D eigenvalue weighted by Crippen LogP contribution is 2.34. The molecule has 0 bridgehead atoms. The number of likely N-dealkylation sites (tertiary alicyclic amines) is 1. The van der Waals surface area contributed by atoms with Crippen molar-refractivity contribution in [3.8, 4) is 0 Å². The van der Waals surface area contributed by atoms with Crippen LogP contribution in [0.1, 0.15) is 42.3 Å². The maximum absolute atomic E-state index is 13.5. The van der Waals surface area contributed by atoms with Gasteiger partial charge in [0.15, 0.2) is 0 Å². The summed E-state index contributed by atoms with van der Waals surface area (Å²) in [5.41, 5.74) is 1.05. The normalized spacial score (nSPS) is 23.2. The molecule has 1 fully saturated rings. The predicted octanol–water partition coefficient (Wildman–Crippen LogP) is 2.40. The summed E-state index contributed by atoms with van der Waals surface area (Å²) in [6.07, 6.45) is 1.11. The molecule has 3 amide bonds. The minimum absolute atomic E-state index is 0.0942. The second-order valence-electron chi connectivity index (χ2n) is 8.32. The average molecular weight is 511 g/mol. The van der Waals surface area contributed by atoms with Gasteiger partial charge in [0.2, 0.25) is 5.91 Å². The van der Waals surface area contributed by atoms with Gasteiger partial charge in [-0.2, -0.15) is 0 Å². The number of fused-ring (bicyclic) bond motifs is 1. The van der Waals surface area contributed by atoms with Gasteiger partial charge in [0, 0.05) is 44.7 Å². The van der Waals surface area contributed by atoms with Crippen LogP contribution in [0.25, 0.3) is 0 Å². The number of likely N-dealkylation sites (N-methyl/N-ethyl adjacent to an activating group) is 2. The van der Waals surface area contributed by atoms with E-state index >= 15 is 0 Å². The molecule has 178 valence electrons. The number of carbonyl (C=O) groups is 3. The van der Waals surface area contributed by atoms with E-state index in [1.165, 1.54) is 22.7 Å². The van der Waals surface area contributed by atoms with Crippen LogP contribution in [0.2, 0.25) is 4.34 Å². The van der Waals surface area contributed by atoms with Crippen molar-refractivity contribution < 1.29 is 19.1 Å². The van der Waals surface area contributed by atoms with Crippen molar-refractivity contribution in [1.29, 1.82) is 0 Å². The number of amides is 3. The van der Waals surface area contributed by atoms with Gasteiger partial charge in [0.05, 0.1) is 20.2 Å². The molecule has 2 aromatic rings. The largest absolute Gasteiger partial charge is 0.375 e. The molecule has 3 atom stereocenters. The summed E-state index contributed by atoms with van der Waals surface area (Å²) in [7, 11) is 5.30. The van der Waals surface area contributed by atoms with Gasteiger partial charge >= 0.3 is 0 Å². The Morgan fingerprint density at radius 3 is 2.64 bits per heavy atom. The van der Waals surface area contributed by atoms with E-state index in [1.54, 1.807) is 31.2 Å². The molecule has 0 aliphatic carbocycles. The predicted molar refractivity (Wildman–Crippen MR) is 129 cm³/mol. The fraction of sp³-hybridized carbons (Fsp3) is 0.500. The summed E-state index contributed by atoms with van der Waals surface area (Å²) in [6.45, 7) is 1.92. The highest BCUT2D eigenvalue weighted by molar-refractivity contribution is 7.18. The molecule has 0 saturated carbocycles. The quantitative estimate of drug-likeness (QED) is 0.644. The van der Waals surface area contributed by atoms with Crippen molar-refractivity contribution in [3.63, 3.8) is 0 Å². The molecule has 1 saturated heterocycles. The lowest BCUT2D eigenvalue weighted by atomic mass is 10.1. The third-order valence-electron chi connectivity index (χ3n) is 6.13. The van der Waals surface area contributed by atoms with Crippen LogP contribution in [0.15, 0.2) is 18.2 Å². The van der Waals surface area contributed by atoms with Crippen LogP contribution in [-0.2, 0) is 16.0 Å². The Kier molecular flexibility index (Phi) is 7.40. The zero-order valence-corrected chi connectivity index (χ0v) is 21.1. The van der Waals surface area contributed by atoms with Crippen molar-refractivity contribution in [2.24, 2.45) is 0 Å². The lowest BCUT2D eigenvalue weighted by Gasteiger charge is -2.22. The lowest BCUT2D eigenvalue weighted by Crippen LogP contribution is -2.44. The third kappa shape index (κ3) is 5.09. The molecule has 0 radical (unpaired) electrons. The standard InChI is InChI=1S/C22H27ClN4O4S2/c1-24-20(28)14-8-12(25-21(29)17-4-5-19(23)33-17)10-27(14)22(30)18-9-13-15(31-3)11-26(2)7-6-16(13)32-18/h4-5,9,12,14-15H,6-8,10-11H2,1-3H3,(H,24,28)(H,25,29)/t12-,14+,15-/m1/s1. The van der Waals surface area contributed by atoms with Crippen LogP contribution in [0.4, 0.5) is 0 Å². The van der Waals surface area contributed by atoms with E-state index in [0.29, 0.717) is 20.5 Å². The van der Waals surface area contributed by atoms with E-state index in [9.17, 15) is 14.4 Å². The Balaban J connectivity index is 1.53. The zero-order chi connectivity index (χ0) is 23.7. The fourth-order valence-electron chi connectivity index (χ4n) is 4.40. The maximum atomic E-state index is 13.5. The summed E-state index contributed by atoms with van der Waals surface area (Å²) in [5, 5.41) is 5.60. The molecule has 33 heavy (non-hydrogen) atoms. The van der Waals surface area contributed by atoms with E-state index < -0.39 is 6.04 Å². The molecule has 0 spiro atoms. The monoisotopic (exact) mass is 510 g/mol. The third-order valence-corrected chi connectivity index (χ3v) is 8.55. The van der Waals surface area contributed by atoms with Gasteiger partial charge in [-0.05, 0) is 43.7 Å². The second-order valence-corrected chi connectivity index (χ2v) is 11.2. The maximum Gasteiger partial charge on any atom is 0.264 e. The van der Waals surface area contributed by atoms with Crippen molar-refractivity contribution >= 4 is 52.0 Å². The zero-order valence-electron chi connectivity index (χ0n) is 18.7. The number of thiophene rings is 2. The van der Waals surface area contributed by atoms with Gasteiger partial charge in [-0.15, -0.1) is 22.7 Å². The van der Waals surface area contributed by atoms with Gasteiger partial charge < -0.3 is 25.2 Å². The molecule has 0 aromatic carbocycles. The molecule has 2 aliphatic rings. The van der Waals surface area contributed by atoms with Gasteiger partial charge in [-0.1, -0.05) is 11.6 Å². The fourth-order valence-corrected chi connectivity index (χ4v) is 6.50. The first kappa shape index (κ1) is 24.2. The molecule has 11 heteroatoms. The van der Waals surface area contributed by atoms with Crippen LogP contribution < -0.4 is 10.6 Å². The molecular weight excluding hydrogens is 484 g/mol. The first-order chi connectivity index (χ1) is 15.8. The van der Waals surface area contributed by atoms with Crippen LogP contribution in [-0.4, -0.2) is 80.4 Å². The van der Waals surface area contributed by atoms with E-state index in [-0.39, 0.29) is 36.4 Å². The average Bonchev–Trinajstić information content (AvgIpc) is 3.51. The summed E-state index contributed by atoms with van der Waals surface area (Å²) < 4.78 is 6.22. The van der Waals surface area contributed by atoms with Gasteiger partial charge in [-0.3, -0.25) is 14.4 Å². The molecule has 0 unspecified atom stereocenters. The van der Waals surface area contributed by atoms with Crippen LogP contribution in [0.3, 0.4) is 0 Å². The smallest absolute Gasteiger partial charge is 0.264 e. The molecule has 4 heterocycles. The summed E-state index contributed by atoms with van der Waals surface area (Å²) in [6, 6.07) is 4.27. The van der Waals surface area contributed by atoms with Crippen molar-refractivity contribution in [1.82, 2.24) is 20.4 Å². The number of rotatable bonds is 5. The van der Waals surface area contributed by atoms with Crippen molar-refractivity contribution in [3.05, 3.63) is 42.7 Å². The number of methoxy groups -OCH3 is 1. The molecule has 8 nitrogen and oxygen atoms in total. The molecular formula is C22H27ClN4O4S2. The van der Waals surface area contributed by atoms with E-state index in [0.717, 1.165) is 30.0 Å². The van der Waals surface area contributed by atoms with E-state index in [1.807, 2.05) is 6.07 Å². The van der Waals surface area contributed by atoms with Crippen LogP contribution in [0, 0.1) is 0 Å². The Morgan fingerprint density at radius 1 is 1.18 bits per heavy atom. The number of ether oxygens (including phenoxy) is 1. The Hall–Kier alpha value is -1.98. The number of nitrogens with zero attached hydrogens (tertiary/aromatic N) is 2. The highest BCUT2D eigenvalue weighted by atomic mass is 35.5. The van der Waals surface area contributed by atoms with Crippen LogP contribution in [0.5, 0.6) is 0 Å². The molecule has 4 rings (SSSR count). The Bertz CT molecular complexity index is 1060. The van der Waals surface area contributed by atoms with Crippen molar-refractivity contribution in [2.45, 2.75) is 31.0 Å². The number of halogens is 1. The SMILES string of the molecule is CNC(=O)[C@@H]1C[C@@H](NC(=O)c2ccc(Cl)s2)CN1C(=O)c1cc2c(s1)CCN(C)C[C@H]2OC. The Labute approximate surface area is 205 Å². The number of carbonyl (C=O) groups excluding carboxylic acids is 3. The first-order valence-corrected chi connectivity index (χ1v) is 12.7. The summed E-state index contributed by atoms with van der Waals surface area (Å²) in [5.74, 6) is -0.689. The summed E-state index contributed by atoms with van der Waals surface area (Å²) >= 11 is 8.61. The Morgan fingerprint density at radius 2 is 1.97 bits per heavy atom. The number of hydrogen-bond donors (Lipinski definition) is 2. The van der Waals surface area contributed by atoms with Gasteiger partial charge in [0.1, 0.15) is 6.04 Å². The van der Waals surface area contributed by atoms with Gasteiger partial charge in [-0.25, -0.2) is 0 Å². The van der Waals surface area contributed by atoms with E-state index in [2.05, 4.69) is 22.6 Å². The summed E-state index contributed by atoms with van der Waals surface area (Å²) in [4.78, 5) is 44.7. The van der Waals surface area contributed by atoms with Crippen molar-refractivity contribution in [2.75, 3.05) is 40.8 Å². The topological polar surface area (TPSA) is 91.0 Å². The highest BCUT2D eigenvalue weighted by Gasteiger charge is 2.41. The molecule has 2 N–H and O–H groups in total. The molecule has 2 aromatic heterocycles. The lowest BCUT2D eigenvalue weighted by molar-refractivity contribution is -0.124. The van der Waals surface area contributed by atoms with Crippen LogP contribution >= 0.6 is 34.3 Å². The first-order valence-electron chi connectivity index (χ1n) is 10.7. The number of hydrogen-bond acceptors (Lipinski definition) is 7. The number of nitrogens with one attached hydrogen (secondary N) is 2. The molecule has 2 aliphatic heterocycles. The second kappa shape index (κ2) is 10.1. The minimum Gasteiger partial charge on any atom is -0.375 e. The van der Waals surface area contributed by atoms with E-state index in [4.69, 9.17) is 16.3 Å². The minimum atomic E-state index is -0.647. The van der Waals surface area contributed by atoms with Gasteiger partial charge in [0.25, 0.3) is 11.8 Å².